The molecule has 1 aliphatic heterocycles. The molecule has 1 unspecified atom stereocenters. The van der Waals surface area contributed by atoms with Crippen molar-refractivity contribution >= 4 is 44.9 Å². The summed E-state index contributed by atoms with van der Waals surface area (Å²) in [5, 5.41) is 4.17. The summed E-state index contributed by atoms with van der Waals surface area (Å²) in [6, 6.07) is 5.53. The molecule has 6 nitrogen and oxygen atoms in total. The third-order valence-corrected chi connectivity index (χ3v) is 4.97. The predicted molar refractivity (Wildman–Crippen MR) is 92.5 cm³/mol. The van der Waals surface area contributed by atoms with Gasteiger partial charge in [0.15, 0.2) is 5.13 Å². The Balaban J connectivity index is 1.75. The van der Waals surface area contributed by atoms with Gasteiger partial charge in [0.2, 0.25) is 11.8 Å². The Morgan fingerprint density at radius 1 is 1.46 bits per heavy atom. The van der Waals surface area contributed by atoms with E-state index in [2.05, 4.69) is 10.3 Å². The first-order valence-corrected chi connectivity index (χ1v) is 8.46. The molecule has 0 saturated carbocycles. The lowest BCUT2D eigenvalue weighted by Crippen LogP contribution is -2.33. The molecule has 1 aromatic carbocycles. The number of anilines is 2. The number of carbonyl (C=O) groups is 2. The Bertz CT molecular complexity index is 959. The van der Waals surface area contributed by atoms with Crippen LogP contribution in [0.2, 0.25) is 0 Å². The van der Waals surface area contributed by atoms with Crippen LogP contribution in [0.15, 0.2) is 35.1 Å². The number of nitrogens with zero attached hydrogens (tertiary/aromatic N) is 2. The van der Waals surface area contributed by atoms with Crippen molar-refractivity contribution in [1.29, 1.82) is 0 Å². The topological polar surface area (TPSA) is 75.4 Å². The Morgan fingerprint density at radius 2 is 2.29 bits per heavy atom. The minimum absolute atomic E-state index is 0.217. The van der Waals surface area contributed by atoms with Gasteiger partial charge >= 0.3 is 0 Å². The maximum atomic E-state index is 12.7. The van der Waals surface area contributed by atoms with E-state index in [9.17, 15) is 9.59 Å². The van der Waals surface area contributed by atoms with Gasteiger partial charge in [0, 0.05) is 34.3 Å². The average Bonchev–Trinajstić information content (AvgIpc) is 3.22. The van der Waals surface area contributed by atoms with Crippen molar-refractivity contribution in [3.63, 3.8) is 0 Å². The first-order chi connectivity index (χ1) is 11.6. The summed E-state index contributed by atoms with van der Waals surface area (Å²) in [6.07, 6.45) is 3.29. The number of furan rings is 1. The molecule has 1 atom stereocenters. The van der Waals surface area contributed by atoms with Crippen molar-refractivity contribution < 1.29 is 14.0 Å². The second-order valence-corrected chi connectivity index (χ2v) is 6.89. The third-order valence-electron chi connectivity index (χ3n) is 4.15. The number of carbonyl (C=O) groups excluding carboxylic acids is 2. The molecule has 2 aromatic heterocycles. The Morgan fingerprint density at radius 3 is 3.00 bits per heavy atom. The highest BCUT2D eigenvalue weighted by atomic mass is 32.1. The molecule has 24 heavy (non-hydrogen) atoms. The second kappa shape index (κ2) is 5.45. The molecular weight excluding hydrogens is 326 g/mol. The van der Waals surface area contributed by atoms with E-state index in [1.165, 1.54) is 11.3 Å². The normalized spacial score (nSPS) is 16.7. The van der Waals surface area contributed by atoms with E-state index in [-0.39, 0.29) is 11.8 Å². The minimum Gasteiger partial charge on any atom is -0.464 e. The standard InChI is InChI=1S/C17H15N3O3S/c1-3-20-12-6-10-4-5-23-13(10)7-11(12)14(16(20)22)15(21)19-17-18-8-9(2)24-17/h4-8,14H,3H2,1-2H3,(H,18,19,21). The van der Waals surface area contributed by atoms with Crippen molar-refractivity contribution in [3.05, 3.63) is 41.1 Å². The zero-order valence-corrected chi connectivity index (χ0v) is 14.0. The lowest BCUT2D eigenvalue weighted by molar-refractivity contribution is -0.126. The zero-order valence-electron chi connectivity index (χ0n) is 13.2. The lowest BCUT2D eigenvalue weighted by atomic mass is 9.99. The Kier molecular flexibility index (Phi) is 3.38. The summed E-state index contributed by atoms with van der Waals surface area (Å²) in [6.45, 7) is 4.32. The van der Waals surface area contributed by atoms with E-state index < -0.39 is 5.92 Å². The van der Waals surface area contributed by atoms with Crippen LogP contribution in [0.25, 0.3) is 11.0 Å². The first-order valence-electron chi connectivity index (χ1n) is 7.64. The van der Waals surface area contributed by atoms with E-state index >= 15 is 0 Å². The van der Waals surface area contributed by atoms with Gasteiger partial charge in [-0.1, -0.05) is 0 Å². The number of rotatable bonds is 3. The second-order valence-electron chi connectivity index (χ2n) is 5.65. The van der Waals surface area contributed by atoms with Gasteiger partial charge in [0.1, 0.15) is 11.5 Å². The van der Waals surface area contributed by atoms with Gasteiger partial charge in [-0.3, -0.25) is 9.59 Å². The van der Waals surface area contributed by atoms with E-state index in [0.29, 0.717) is 22.8 Å². The molecule has 0 bridgehead atoms. The van der Waals surface area contributed by atoms with Gasteiger partial charge in [-0.2, -0.15) is 0 Å². The number of hydrogen-bond donors (Lipinski definition) is 1. The van der Waals surface area contributed by atoms with Crippen LogP contribution in [0.1, 0.15) is 23.3 Å². The van der Waals surface area contributed by atoms with Crippen molar-refractivity contribution in [2.75, 3.05) is 16.8 Å². The Hall–Kier alpha value is -2.67. The monoisotopic (exact) mass is 341 g/mol. The van der Waals surface area contributed by atoms with E-state index in [1.54, 1.807) is 23.4 Å². The maximum absolute atomic E-state index is 12.7. The quantitative estimate of drug-likeness (QED) is 0.742. The third kappa shape index (κ3) is 2.20. The smallest absolute Gasteiger partial charge is 0.244 e. The van der Waals surface area contributed by atoms with Crippen LogP contribution in [0.5, 0.6) is 0 Å². The molecule has 122 valence electrons. The lowest BCUT2D eigenvalue weighted by Gasteiger charge is -2.14. The summed E-state index contributed by atoms with van der Waals surface area (Å²) in [4.78, 5) is 32.2. The number of thiazole rings is 1. The summed E-state index contributed by atoms with van der Waals surface area (Å²) in [5.41, 5.74) is 2.12. The van der Waals surface area contributed by atoms with Gasteiger partial charge in [0.05, 0.1) is 6.26 Å². The number of benzene rings is 1. The van der Waals surface area contributed by atoms with Crippen molar-refractivity contribution in [1.82, 2.24) is 4.98 Å². The molecule has 0 spiro atoms. The van der Waals surface area contributed by atoms with E-state index in [0.717, 1.165) is 16.0 Å². The number of aryl methyl sites for hydroxylation is 1. The minimum atomic E-state index is -0.876. The van der Waals surface area contributed by atoms with Crippen LogP contribution >= 0.6 is 11.3 Å². The van der Waals surface area contributed by atoms with Crippen LogP contribution in [0, 0.1) is 6.92 Å². The molecule has 1 aliphatic rings. The largest absolute Gasteiger partial charge is 0.464 e. The fourth-order valence-electron chi connectivity index (χ4n) is 3.06. The van der Waals surface area contributed by atoms with Crippen LogP contribution in [-0.2, 0) is 9.59 Å². The summed E-state index contributed by atoms with van der Waals surface area (Å²) in [7, 11) is 0. The van der Waals surface area contributed by atoms with Crippen molar-refractivity contribution in [3.8, 4) is 0 Å². The van der Waals surface area contributed by atoms with E-state index in [4.69, 9.17) is 4.42 Å². The van der Waals surface area contributed by atoms with Crippen molar-refractivity contribution in [2.45, 2.75) is 19.8 Å². The molecule has 3 aromatic rings. The van der Waals surface area contributed by atoms with Crippen LogP contribution in [0.3, 0.4) is 0 Å². The first kappa shape index (κ1) is 14.9. The summed E-state index contributed by atoms with van der Waals surface area (Å²) in [5.74, 6) is -1.46. The highest BCUT2D eigenvalue weighted by Gasteiger charge is 2.42. The maximum Gasteiger partial charge on any atom is 0.244 e. The number of likely N-dealkylation sites (N-methyl/N-ethyl adjacent to an activating group) is 1. The molecule has 2 amide bonds. The molecule has 0 saturated heterocycles. The highest BCUT2D eigenvalue weighted by Crippen LogP contribution is 2.40. The van der Waals surface area contributed by atoms with Crippen LogP contribution in [0.4, 0.5) is 10.8 Å². The van der Waals surface area contributed by atoms with Gasteiger partial charge < -0.3 is 14.6 Å². The number of fused-ring (bicyclic) bond motifs is 2. The predicted octanol–water partition coefficient (Wildman–Crippen LogP) is 3.29. The molecule has 0 radical (unpaired) electrons. The van der Waals surface area contributed by atoms with Gasteiger partial charge in [-0.05, 0) is 32.0 Å². The molecule has 3 heterocycles. The molecule has 4 rings (SSSR count). The molecular formula is C17H15N3O3S. The SMILES string of the molecule is CCN1C(=O)C(C(=O)Nc2ncc(C)s2)c2cc3occc3cc21. The molecule has 0 fully saturated rings. The van der Waals surface area contributed by atoms with Crippen LogP contribution < -0.4 is 10.2 Å². The molecule has 1 N–H and O–H groups in total. The summed E-state index contributed by atoms with van der Waals surface area (Å²) < 4.78 is 5.43. The number of hydrogen-bond acceptors (Lipinski definition) is 5. The van der Waals surface area contributed by atoms with Crippen molar-refractivity contribution in [2.24, 2.45) is 0 Å². The average molecular weight is 341 g/mol. The fourth-order valence-corrected chi connectivity index (χ4v) is 3.72. The van der Waals surface area contributed by atoms with Gasteiger partial charge in [0.25, 0.3) is 0 Å². The molecule has 0 aliphatic carbocycles. The van der Waals surface area contributed by atoms with E-state index in [1.807, 2.05) is 26.0 Å². The molecule has 7 heteroatoms. The highest BCUT2D eigenvalue weighted by molar-refractivity contribution is 7.15. The number of amides is 2. The van der Waals surface area contributed by atoms with Gasteiger partial charge in [-0.15, -0.1) is 11.3 Å². The fraction of sp³-hybridized carbons (Fsp3) is 0.235. The Labute approximate surface area is 142 Å². The van der Waals surface area contributed by atoms with Gasteiger partial charge in [-0.25, -0.2) is 4.98 Å². The van der Waals surface area contributed by atoms with Crippen LogP contribution in [-0.4, -0.2) is 23.3 Å². The number of nitrogens with one attached hydrogen (secondary N) is 1. The summed E-state index contributed by atoms with van der Waals surface area (Å²) >= 11 is 1.38. The number of aromatic nitrogens is 1. The zero-order chi connectivity index (χ0) is 16.8.